The number of amides is 1. The zero-order valence-electron chi connectivity index (χ0n) is 11.7. The Morgan fingerprint density at radius 2 is 2.30 bits per heavy atom. The maximum absolute atomic E-state index is 11.6. The maximum Gasteiger partial charge on any atom is 0.220 e. The number of nitrogens with one attached hydrogen (secondary N) is 1. The molecule has 1 rings (SSSR count). The Morgan fingerprint density at radius 3 is 3.00 bits per heavy atom. The molecule has 1 heterocycles. The number of aromatic nitrogens is 1. The van der Waals surface area contributed by atoms with E-state index in [2.05, 4.69) is 15.2 Å². The molecule has 20 heavy (non-hydrogen) atoms. The van der Waals surface area contributed by atoms with E-state index in [1.165, 1.54) is 0 Å². The first-order chi connectivity index (χ1) is 9.72. The maximum atomic E-state index is 11.6. The molecule has 0 aliphatic heterocycles. The number of pyridine rings is 1. The van der Waals surface area contributed by atoms with Crippen LogP contribution in [0.3, 0.4) is 0 Å². The zero-order valence-corrected chi connectivity index (χ0v) is 13.4. The van der Waals surface area contributed by atoms with Crippen molar-refractivity contribution in [2.75, 3.05) is 39.0 Å². The highest BCUT2D eigenvalue weighted by atomic mass is 33.1. The van der Waals surface area contributed by atoms with Crippen molar-refractivity contribution in [3.8, 4) is 0 Å². The van der Waals surface area contributed by atoms with E-state index in [0.717, 1.165) is 23.9 Å². The minimum Gasteiger partial charge on any atom is -0.355 e. The molecule has 0 fully saturated rings. The topological polar surface area (TPSA) is 71.2 Å². The van der Waals surface area contributed by atoms with E-state index >= 15 is 0 Å². The quantitative estimate of drug-likeness (QED) is 0.500. The Hall–Kier alpha value is -0.760. The molecule has 0 radical (unpaired) electrons. The molecule has 0 bridgehead atoms. The summed E-state index contributed by atoms with van der Waals surface area (Å²) >= 11 is 0. The van der Waals surface area contributed by atoms with E-state index in [0.29, 0.717) is 19.5 Å². The number of nitrogens with zero attached hydrogens (tertiary/aromatic N) is 2. The van der Waals surface area contributed by atoms with Crippen LogP contribution in [0.15, 0.2) is 29.4 Å². The number of carbonyl (C=O) groups is 1. The largest absolute Gasteiger partial charge is 0.355 e. The molecule has 0 unspecified atom stereocenters. The van der Waals surface area contributed by atoms with Crippen molar-refractivity contribution in [2.45, 2.75) is 11.4 Å². The summed E-state index contributed by atoms with van der Waals surface area (Å²) in [5.74, 6) is 0.881. The highest BCUT2D eigenvalue weighted by molar-refractivity contribution is 8.76. The molecule has 0 saturated carbocycles. The summed E-state index contributed by atoms with van der Waals surface area (Å²) < 4.78 is 0. The van der Waals surface area contributed by atoms with Gasteiger partial charge in [-0.2, -0.15) is 0 Å². The highest BCUT2D eigenvalue weighted by Gasteiger charge is 2.03. The van der Waals surface area contributed by atoms with Crippen LogP contribution in [0.5, 0.6) is 0 Å². The van der Waals surface area contributed by atoms with Crippen molar-refractivity contribution in [3.63, 3.8) is 0 Å². The molecule has 3 N–H and O–H groups in total. The lowest BCUT2D eigenvalue weighted by Gasteiger charge is -2.15. The summed E-state index contributed by atoms with van der Waals surface area (Å²) in [6.45, 7) is 3.00. The van der Waals surface area contributed by atoms with E-state index in [4.69, 9.17) is 5.73 Å². The summed E-state index contributed by atoms with van der Waals surface area (Å²) in [6.07, 6.45) is 2.30. The molecule has 0 aliphatic rings. The predicted octanol–water partition coefficient (Wildman–Crippen LogP) is 1.22. The van der Waals surface area contributed by atoms with Crippen LogP contribution in [-0.2, 0) is 4.79 Å². The summed E-state index contributed by atoms with van der Waals surface area (Å²) in [6, 6.07) is 5.81. The fourth-order valence-electron chi connectivity index (χ4n) is 1.44. The predicted molar refractivity (Wildman–Crippen MR) is 86.7 cm³/mol. The molecule has 0 saturated heterocycles. The summed E-state index contributed by atoms with van der Waals surface area (Å²) in [4.78, 5) is 17.9. The first-order valence-corrected chi connectivity index (χ1v) is 8.90. The first-order valence-electron chi connectivity index (χ1n) is 6.58. The van der Waals surface area contributed by atoms with Crippen LogP contribution < -0.4 is 11.1 Å². The van der Waals surface area contributed by atoms with Crippen molar-refractivity contribution in [1.29, 1.82) is 0 Å². The number of carbonyl (C=O) groups excluding carboxylic acids is 1. The number of hydrogen-bond acceptors (Lipinski definition) is 6. The minimum absolute atomic E-state index is 0.0975. The van der Waals surface area contributed by atoms with Crippen LogP contribution in [0.4, 0.5) is 0 Å². The molecular weight excluding hydrogens is 292 g/mol. The Balaban J connectivity index is 2.00. The number of likely N-dealkylation sites (N-methyl/N-ethyl adjacent to an activating group) is 1. The van der Waals surface area contributed by atoms with E-state index in [9.17, 15) is 4.79 Å². The van der Waals surface area contributed by atoms with Crippen LogP contribution in [0.2, 0.25) is 0 Å². The molecule has 7 heteroatoms. The van der Waals surface area contributed by atoms with Crippen LogP contribution in [0.25, 0.3) is 0 Å². The van der Waals surface area contributed by atoms with Gasteiger partial charge in [-0.1, -0.05) is 16.9 Å². The van der Waals surface area contributed by atoms with E-state index in [1.54, 1.807) is 27.8 Å². The Kier molecular flexibility index (Phi) is 9.48. The second-order valence-corrected chi connectivity index (χ2v) is 6.70. The second kappa shape index (κ2) is 11.0. The third-order valence-electron chi connectivity index (χ3n) is 2.52. The third kappa shape index (κ3) is 8.42. The average molecular weight is 314 g/mol. The first kappa shape index (κ1) is 17.3. The summed E-state index contributed by atoms with van der Waals surface area (Å²) in [7, 11) is 5.25. The number of hydrogen-bond donors (Lipinski definition) is 2. The minimum atomic E-state index is 0.0975. The van der Waals surface area contributed by atoms with Crippen molar-refractivity contribution in [1.82, 2.24) is 15.2 Å². The third-order valence-corrected chi connectivity index (χ3v) is 4.79. The normalized spacial score (nSPS) is 10.8. The van der Waals surface area contributed by atoms with Gasteiger partial charge in [-0.25, -0.2) is 4.98 Å². The molecule has 5 nitrogen and oxygen atoms in total. The van der Waals surface area contributed by atoms with E-state index in [1.807, 2.05) is 25.2 Å². The molecule has 1 amide bonds. The van der Waals surface area contributed by atoms with E-state index in [-0.39, 0.29) is 5.91 Å². The van der Waals surface area contributed by atoms with Gasteiger partial charge in [-0.05, 0) is 30.0 Å². The Morgan fingerprint density at radius 1 is 1.45 bits per heavy atom. The van der Waals surface area contributed by atoms with Crippen LogP contribution >= 0.6 is 21.6 Å². The van der Waals surface area contributed by atoms with Gasteiger partial charge in [0.1, 0.15) is 5.03 Å². The fraction of sp³-hybridized carbons (Fsp3) is 0.538. The van der Waals surface area contributed by atoms with Gasteiger partial charge >= 0.3 is 0 Å². The van der Waals surface area contributed by atoms with Gasteiger partial charge in [0.05, 0.1) is 0 Å². The number of rotatable bonds is 10. The van der Waals surface area contributed by atoms with Crippen LogP contribution in [-0.4, -0.2) is 54.8 Å². The molecule has 0 atom stereocenters. The molecule has 0 aromatic carbocycles. The smallest absolute Gasteiger partial charge is 0.220 e. The Labute approximate surface area is 128 Å². The number of nitrogens with two attached hydrogens (primary N) is 1. The molecule has 112 valence electrons. The zero-order chi connectivity index (χ0) is 14.6. The van der Waals surface area contributed by atoms with Crippen molar-refractivity contribution < 1.29 is 4.79 Å². The SMILES string of the molecule is CN(CCN)CCNC(=O)CCSSc1ccccn1. The molecular formula is C13H22N4OS2. The lowest BCUT2D eigenvalue weighted by Crippen LogP contribution is -2.35. The van der Waals surface area contributed by atoms with Gasteiger partial charge < -0.3 is 16.0 Å². The van der Waals surface area contributed by atoms with Gasteiger partial charge in [0.25, 0.3) is 0 Å². The van der Waals surface area contributed by atoms with Gasteiger partial charge in [-0.3, -0.25) is 4.79 Å². The molecule has 1 aromatic rings. The molecule has 0 spiro atoms. The van der Waals surface area contributed by atoms with Gasteiger partial charge in [0.2, 0.25) is 5.91 Å². The van der Waals surface area contributed by atoms with Gasteiger partial charge in [-0.15, -0.1) is 0 Å². The fourth-order valence-corrected chi connectivity index (χ4v) is 3.31. The van der Waals surface area contributed by atoms with Crippen molar-refractivity contribution in [2.24, 2.45) is 5.73 Å². The molecule has 0 aliphatic carbocycles. The highest BCUT2D eigenvalue weighted by Crippen LogP contribution is 2.29. The second-order valence-electron chi connectivity index (χ2n) is 4.27. The summed E-state index contributed by atoms with van der Waals surface area (Å²) in [5, 5.41) is 3.88. The van der Waals surface area contributed by atoms with Crippen molar-refractivity contribution >= 4 is 27.5 Å². The average Bonchev–Trinajstić information content (AvgIpc) is 2.45. The van der Waals surface area contributed by atoms with E-state index < -0.39 is 0 Å². The molecule has 1 aromatic heterocycles. The lowest BCUT2D eigenvalue weighted by molar-refractivity contribution is -0.120. The standard InChI is InChI=1S/C13H22N4OS2/c1-17(9-6-14)10-8-15-12(18)5-11-19-20-13-4-2-3-7-16-13/h2-4,7H,5-6,8-11,14H2,1H3,(H,15,18). The van der Waals surface area contributed by atoms with Gasteiger partial charge in [0, 0.05) is 44.5 Å². The Bertz CT molecular complexity index is 378. The summed E-state index contributed by atoms with van der Waals surface area (Å²) in [5.41, 5.74) is 5.45. The van der Waals surface area contributed by atoms with Crippen LogP contribution in [0, 0.1) is 0 Å². The van der Waals surface area contributed by atoms with Gasteiger partial charge in [0.15, 0.2) is 0 Å². The monoisotopic (exact) mass is 314 g/mol. The van der Waals surface area contributed by atoms with Crippen molar-refractivity contribution in [3.05, 3.63) is 24.4 Å². The van der Waals surface area contributed by atoms with Crippen LogP contribution in [0.1, 0.15) is 6.42 Å². The lowest BCUT2D eigenvalue weighted by atomic mass is 10.4.